The SMILES string of the molecule is CCCCCC/C=C/COc1cnc(-c2ccc(CCCCCCOCCC)cc2)nc1. The van der Waals surface area contributed by atoms with E-state index in [1.165, 1.54) is 56.9 Å². The first-order valence-corrected chi connectivity index (χ1v) is 12.6. The summed E-state index contributed by atoms with van der Waals surface area (Å²) in [6.07, 6.45) is 21.2. The van der Waals surface area contributed by atoms with Crippen molar-refractivity contribution in [2.45, 2.75) is 84.5 Å². The van der Waals surface area contributed by atoms with Crippen LogP contribution >= 0.6 is 0 Å². The van der Waals surface area contributed by atoms with E-state index in [9.17, 15) is 0 Å². The van der Waals surface area contributed by atoms with Crippen LogP contribution in [0.3, 0.4) is 0 Å². The van der Waals surface area contributed by atoms with E-state index in [2.05, 4.69) is 60.2 Å². The van der Waals surface area contributed by atoms with Crippen molar-refractivity contribution in [1.82, 2.24) is 9.97 Å². The molecule has 0 radical (unpaired) electrons. The second-order valence-corrected chi connectivity index (χ2v) is 8.35. The van der Waals surface area contributed by atoms with Gasteiger partial charge >= 0.3 is 0 Å². The third kappa shape index (κ3) is 11.4. The van der Waals surface area contributed by atoms with E-state index in [4.69, 9.17) is 9.47 Å². The second kappa shape index (κ2) is 17.4. The Kier molecular flexibility index (Phi) is 14.1. The zero-order valence-electron chi connectivity index (χ0n) is 20.2. The minimum atomic E-state index is 0.566. The van der Waals surface area contributed by atoms with E-state index in [1.807, 2.05) is 0 Å². The average Bonchev–Trinajstić information content (AvgIpc) is 2.83. The first kappa shape index (κ1) is 26.1. The highest BCUT2D eigenvalue weighted by molar-refractivity contribution is 5.55. The summed E-state index contributed by atoms with van der Waals surface area (Å²) in [6, 6.07) is 8.62. The molecule has 0 saturated heterocycles. The van der Waals surface area contributed by atoms with Gasteiger partial charge < -0.3 is 9.47 Å². The molecule has 32 heavy (non-hydrogen) atoms. The quantitative estimate of drug-likeness (QED) is 0.178. The fourth-order valence-electron chi connectivity index (χ4n) is 3.51. The third-order valence-corrected chi connectivity index (χ3v) is 5.43. The molecule has 2 rings (SSSR count). The number of aromatic nitrogens is 2. The molecule has 0 aliphatic rings. The second-order valence-electron chi connectivity index (χ2n) is 8.35. The highest BCUT2D eigenvalue weighted by Crippen LogP contribution is 2.18. The lowest BCUT2D eigenvalue weighted by Crippen LogP contribution is -1.96. The maximum Gasteiger partial charge on any atom is 0.159 e. The van der Waals surface area contributed by atoms with Crippen LogP contribution in [-0.4, -0.2) is 29.8 Å². The number of ether oxygens (including phenoxy) is 2. The Morgan fingerprint density at radius 1 is 0.750 bits per heavy atom. The molecule has 0 atom stereocenters. The van der Waals surface area contributed by atoms with Crippen molar-refractivity contribution in [3.8, 4) is 17.1 Å². The maximum atomic E-state index is 5.72. The van der Waals surface area contributed by atoms with Gasteiger partial charge in [-0.2, -0.15) is 0 Å². The smallest absolute Gasteiger partial charge is 0.159 e. The number of hydrogen-bond donors (Lipinski definition) is 0. The predicted molar refractivity (Wildman–Crippen MR) is 134 cm³/mol. The van der Waals surface area contributed by atoms with Crippen molar-refractivity contribution in [2.75, 3.05) is 19.8 Å². The first-order chi connectivity index (χ1) is 15.8. The molecule has 1 aromatic carbocycles. The van der Waals surface area contributed by atoms with Crippen LogP contribution < -0.4 is 4.74 Å². The third-order valence-electron chi connectivity index (χ3n) is 5.43. The van der Waals surface area contributed by atoms with Gasteiger partial charge in [0.25, 0.3) is 0 Å². The number of hydrogen-bond acceptors (Lipinski definition) is 4. The zero-order valence-corrected chi connectivity index (χ0v) is 20.2. The molecular weight excluding hydrogens is 396 g/mol. The van der Waals surface area contributed by atoms with E-state index < -0.39 is 0 Å². The standard InChI is InChI=1S/C28H42N2O2/c1-3-5-6-7-8-10-14-22-32-27-23-29-28(30-24-27)26-18-16-25(17-19-26)15-12-9-11-13-21-31-20-4-2/h10,14,16-19,23-24H,3-9,11-13,15,20-22H2,1-2H3/b14-10+. The van der Waals surface area contributed by atoms with Gasteiger partial charge in [-0.15, -0.1) is 0 Å². The van der Waals surface area contributed by atoms with Gasteiger partial charge in [-0.25, -0.2) is 9.97 Å². The number of nitrogens with zero attached hydrogens (tertiary/aromatic N) is 2. The lowest BCUT2D eigenvalue weighted by molar-refractivity contribution is 0.130. The summed E-state index contributed by atoms with van der Waals surface area (Å²) in [5.74, 6) is 1.45. The summed E-state index contributed by atoms with van der Waals surface area (Å²) < 4.78 is 11.2. The van der Waals surface area contributed by atoms with Gasteiger partial charge in [0.1, 0.15) is 6.61 Å². The Hall–Kier alpha value is -2.20. The van der Waals surface area contributed by atoms with Crippen LogP contribution in [0.4, 0.5) is 0 Å². The topological polar surface area (TPSA) is 44.2 Å². The van der Waals surface area contributed by atoms with Gasteiger partial charge in [0.15, 0.2) is 11.6 Å². The van der Waals surface area contributed by atoms with Gasteiger partial charge in [0.2, 0.25) is 0 Å². The largest absolute Gasteiger partial charge is 0.486 e. The van der Waals surface area contributed by atoms with E-state index in [0.29, 0.717) is 12.4 Å². The molecule has 4 heteroatoms. The zero-order chi connectivity index (χ0) is 22.7. The van der Waals surface area contributed by atoms with E-state index >= 15 is 0 Å². The van der Waals surface area contributed by atoms with Crippen LogP contribution in [0.25, 0.3) is 11.4 Å². The first-order valence-electron chi connectivity index (χ1n) is 12.6. The molecule has 0 unspecified atom stereocenters. The highest BCUT2D eigenvalue weighted by atomic mass is 16.5. The van der Waals surface area contributed by atoms with Crippen LogP contribution in [0.1, 0.15) is 83.6 Å². The number of benzene rings is 1. The molecule has 4 nitrogen and oxygen atoms in total. The van der Waals surface area contributed by atoms with Crippen molar-refractivity contribution in [1.29, 1.82) is 0 Å². The van der Waals surface area contributed by atoms with Crippen molar-refractivity contribution >= 4 is 0 Å². The molecular formula is C28H42N2O2. The lowest BCUT2D eigenvalue weighted by atomic mass is 10.0. The number of aryl methyl sites for hydroxylation is 1. The molecule has 0 fully saturated rings. The van der Waals surface area contributed by atoms with Crippen LogP contribution in [-0.2, 0) is 11.2 Å². The fourth-order valence-corrected chi connectivity index (χ4v) is 3.51. The van der Waals surface area contributed by atoms with Crippen molar-refractivity contribution in [2.24, 2.45) is 0 Å². The van der Waals surface area contributed by atoms with E-state index in [1.54, 1.807) is 12.4 Å². The lowest BCUT2D eigenvalue weighted by Gasteiger charge is -2.06. The average molecular weight is 439 g/mol. The molecule has 0 aliphatic carbocycles. The normalized spacial score (nSPS) is 11.3. The molecule has 2 aromatic rings. The van der Waals surface area contributed by atoms with Crippen LogP contribution in [0.2, 0.25) is 0 Å². The Labute approximate surface area is 195 Å². The molecule has 0 amide bonds. The highest BCUT2D eigenvalue weighted by Gasteiger charge is 2.03. The summed E-state index contributed by atoms with van der Waals surface area (Å²) in [6.45, 7) is 6.75. The number of allylic oxidation sites excluding steroid dienone is 1. The molecule has 0 saturated carbocycles. The summed E-state index contributed by atoms with van der Waals surface area (Å²) in [7, 11) is 0. The Bertz CT molecular complexity index is 726. The molecule has 0 N–H and O–H groups in total. The summed E-state index contributed by atoms with van der Waals surface area (Å²) in [5, 5.41) is 0. The van der Waals surface area contributed by atoms with Gasteiger partial charge in [-0.1, -0.05) is 82.4 Å². The van der Waals surface area contributed by atoms with Crippen LogP contribution in [0, 0.1) is 0 Å². The fraction of sp³-hybridized carbons (Fsp3) is 0.571. The Balaban J connectivity index is 1.64. The minimum absolute atomic E-state index is 0.566. The molecule has 1 aromatic heterocycles. The summed E-state index contributed by atoms with van der Waals surface area (Å²) >= 11 is 0. The Morgan fingerprint density at radius 2 is 1.50 bits per heavy atom. The number of unbranched alkanes of at least 4 members (excludes halogenated alkanes) is 7. The van der Waals surface area contributed by atoms with Crippen molar-refractivity contribution in [3.63, 3.8) is 0 Å². The van der Waals surface area contributed by atoms with E-state index in [0.717, 1.165) is 43.9 Å². The van der Waals surface area contributed by atoms with Crippen molar-refractivity contribution in [3.05, 3.63) is 54.4 Å². The Morgan fingerprint density at radius 3 is 2.25 bits per heavy atom. The summed E-state index contributed by atoms with van der Waals surface area (Å²) in [5.41, 5.74) is 2.41. The number of rotatable bonds is 18. The summed E-state index contributed by atoms with van der Waals surface area (Å²) in [4.78, 5) is 8.94. The van der Waals surface area contributed by atoms with Crippen LogP contribution in [0.5, 0.6) is 5.75 Å². The monoisotopic (exact) mass is 438 g/mol. The van der Waals surface area contributed by atoms with Crippen molar-refractivity contribution < 1.29 is 9.47 Å². The maximum absolute atomic E-state index is 5.72. The van der Waals surface area contributed by atoms with Gasteiger partial charge in [-0.3, -0.25) is 0 Å². The van der Waals surface area contributed by atoms with Gasteiger partial charge in [0.05, 0.1) is 12.4 Å². The minimum Gasteiger partial charge on any atom is -0.486 e. The molecule has 0 spiro atoms. The van der Waals surface area contributed by atoms with E-state index in [-0.39, 0.29) is 0 Å². The van der Waals surface area contributed by atoms with Crippen LogP contribution in [0.15, 0.2) is 48.8 Å². The molecule has 0 bridgehead atoms. The molecule has 1 heterocycles. The molecule has 0 aliphatic heterocycles. The van der Waals surface area contributed by atoms with Gasteiger partial charge in [0, 0.05) is 18.8 Å². The predicted octanol–water partition coefficient (Wildman–Crippen LogP) is 7.58. The molecule has 176 valence electrons. The van der Waals surface area contributed by atoms with Gasteiger partial charge in [-0.05, 0) is 44.1 Å².